The molecule has 0 radical (unpaired) electrons. The van der Waals surface area contributed by atoms with E-state index in [1.807, 2.05) is 13.8 Å². The number of aromatic carboxylic acids is 1. The Morgan fingerprint density at radius 1 is 0.972 bits per heavy atom. The topological polar surface area (TPSA) is 144 Å². The lowest BCUT2D eigenvalue weighted by Gasteiger charge is -2.19. The van der Waals surface area contributed by atoms with Crippen LogP contribution in [0.4, 0.5) is 0 Å². The van der Waals surface area contributed by atoms with Crippen LogP contribution in [0.25, 0.3) is 11.0 Å². The molecule has 0 saturated heterocycles. The summed E-state index contributed by atoms with van der Waals surface area (Å²) in [5.41, 5.74) is 1.02. The van der Waals surface area contributed by atoms with Gasteiger partial charge in [-0.25, -0.2) is 4.79 Å². The smallest absolute Gasteiger partial charge is 0.371 e. The molecule has 1 heterocycles. The highest BCUT2D eigenvalue weighted by Gasteiger charge is 2.20. The van der Waals surface area contributed by atoms with Crippen LogP contribution in [-0.2, 0) is 12.8 Å². The molecule has 9 nitrogen and oxygen atoms in total. The van der Waals surface area contributed by atoms with Crippen molar-refractivity contribution in [3.8, 4) is 17.2 Å². The molecule has 2 aromatic carbocycles. The highest BCUT2D eigenvalue weighted by atomic mass is 16.5. The Hall–Kier alpha value is -3.85. The van der Waals surface area contributed by atoms with Crippen molar-refractivity contribution in [3.63, 3.8) is 0 Å². The molecule has 3 rings (SSSR count). The molecular formula is C27H30O9. The Morgan fingerprint density at radius 3 is 2.14 bits per heavy atom. The van der Waals surface area contributed by atoms with Crippen molar-refractivity contribution >= 4 is 22.7 Å². The number of carbonyl (C=O) groups excluding carboxylic acids is 1. The van der Waals surface area contributed by atoms with Gasteiger partial charge in [0.05, 0.1) is 10.9 Å². The van der Waals surface area contributed by atoms with Gasteiger partial charge in [-0.1, -0.05) is 26.7 Å². The maximum absolute atomic E-state index is 12.4. The second kappa shape index (κ2) is 11.7. The number of Topliss-reactive ketones (excluding diaryl/α,β-unsaturated/α-hetero) is 1. The van der Waals surface area contributed by atoms with Crippen molar-refractivity contribution in [3.05, 3.63) is 63.0 Å². The molecule has 1 aromatic heterocycles. The Bertz CT molecular complexity index is 1320. The van der Waals surface area contributed by atoms with Crippen LogP contribution in [-0.4, -0.2) is 46.4 Å². The first-order valence-corrected chi connectivity index (χ1v) is 11.8. The largest absolute Gasteiger partial charge is 0.507 e. The summed E-state index contributed by atoms with van der Waals surface area (Å²) >= 11 is 0. The second-order valence-corrected chi connectivity index (χ2v) is 8.47. The highest BCUT2D eigenvalue weighted by molar-refractivity contribution is 5.99. The normalized spacial score (nSPS) is 11.9. The highest BCUT2D eigenvalue weighted by Crippen LogP contribution is 2.32. The van der Waals surface area contributed by atoms with E-state index >= 15 is 0 Å². The third kappa shape index (κ3) is 5.85. The number of phenols is 1. The molecule has 0 aliphatic carbocycles. The van der Waals surface area contributed by atoms with E-state index in [1.54, 1.807) is 12.1 Å². The number of rotatable bonds is 12. The van der Waals surface area contributed by atoms with E-state index in [0.29, 0.717) is 41.9 Å². The minimum atomic E-state index is -1.35. The van der Waals surface area contributed by atoms with E-state index in [0.717, 1.165) is 12.5 Å². The summed E-state index contributed by atoms with van der Waals surface area (Å²) in [7, 11) is 0. The molecular weight excluding hydrogens is 468 g/mol. The molecule has 1 atom stereocenters. The summed E-state index contributed by atoms with van der Waals surface area (Å²) in [6.45, 7) is 4.96. The fourth-order valence-electron chi connectivity index (χ4n) is 4.05. The Balaban J connectivity index is 1.79. The van der Waals surface area contributed by atoms with Crippen LogP contribution in [0.1, 0.15) is 65.7 Å². The third-order valence-electron chi connectivity index (χ3n) is 5.63. The standard InChI is InChI=1S/C27H30O9/c1-4-6-18-22(11-9-20(30)25(18)15(3)28)34-13-16(29)14-35-23-10-8-17-21(31)12-24(27(32)33)36-26(17)19(23)7-5-2/h8-12,16,29-30H,4-7,13-14H2,1-3H3,(H,32,33). The van der Waals surface area contributed by atoms with Gasteiger partial charge in [0.25, 0.3) is 0 Å². The van der Waals surface area contributed by atoms with Gasteiger partial charge in [-0.05, 0) is 44.0 Å². The number of fused-ring (bicyclic) bond motifs is 1. The van der Waals surface area contributed by atoms with Crippen molar-refractivity contribution in [2.45, 2.75) is 52.6 Å². The van der Waals surface area contributed by atoms with Crippen molar-refractivity contribution < 1.29 is 38.8 Å². The average Bonchev–Trinajstić information content (AvgIpc) is 2.83. The first-order valence-electron chi connectivity index (χ1n) is 11.8. The number of ether oxygens (including phenoxy) is 2. The predicted molar refractivity (Wildman–Crippen MR) is 133 cm³/mol. The summed E-state index contributed by atoms with van der Waals surface area (Å²) < 4.78 is 17.1. The van der Waals surface area contributed by atoms with Gasteiger partial charge in [-0.2, -0.15) is 0 Å². The first kappa shape index (κ1) is 26.7. The van der Waals surface area contributed by atoms with E-state index in [1.165, 1.54) is 19.1 Å². The van der Waals surface area contributed by atoms with Gasteiger partial charge >= 0.3 is 5.97 Å². The SMILES string of the molecule is CCCc1c(OCC(O)COc2ccc3c(=O)cc(C(=O)O)oc3c2CCC)ccc(O)c1C(C)=O. The summed E-state index contributed by atoms with van der Waals surface area (Å²) in [6.07, 6.45) is 1.35. The van der Waals surface area contributed by atoms with Gasteiger partial charge < -0.3 is 29.2 Å². The van der Waals surface area contributed by atoms with E-state index in [4.69, 9.17) is 13.9 Å². The van der Waals surface area contributed by atoms with Gasteiger partial charge in [0.15, 0.2) is 11.2 Å². The maximum Gasteiger partial charge on any atom is 0.371 e. The Morgan fingerprint density at radius 2 is 1.56 bits per heavy atom. The number of aliphatic hydroxyl groups excluding tert-OH is 1. The summed E-state index contributed by atoms with van der Waals surface area (Å²) in [4.78, 5) is 35.7. The van der Waals surface area contributed by atoms with E-state index < -0.39 is 23.3 Å². The average molecular weight is 499 g/mol. The number of carboxylic acid groups (broad SMARTS) is 1. The molecule has 192 valence electrons. The lowest BCUT2D eigenvalue weighted by atomic mass is 9.98. The zero-order chi connectivity index (χ0) is 26.4. The molecule has 9 heteroatoms. The summed E-state index contributed by atoms with van der Waals surface area (Å²) in [6, 6.07) is 6.98. The number of hydrogen-bond acceptors (Lipinski definition) is 8. The van der Waals surface area contributed by atoms with Crippen LogP contribution in [0, 0.1) is 0 Å². The van der Waals surface area contributed by atoms with E-state index in [9.17, 15) is 29.7 Å². The number of phenolic OH excluding ortho intramolecular Hbond substituents is 1. The van der Waals surface area contributed by atoms with Gasteiger partial charge in [0, 0.05) is 17.2 Å². The van der Waals surface area contributed by atoms with Crippen molar-refractivity contribution in [1.82, 2.24) is 0 Å². The lowest BCUT2D eigenvalue weighted by Crippen LogP contribution is -2.25. The van der Waals surface area contributed by atoms with Crippen molar-refractivity contribution in [2.75, 3.05) is 13.2 Å². The Kier molecular flexibility index (Phi) is 8.71. The molecule has 0 spiro atoms. The van der Waals surface area contributed by atoms with Crippen LogP contribution in [0.3, 0.4) is 0 Å². The third-order valence-corrected chi connectivity index (χ3v) is 5.63. The number of benzene rings is 2. The quantitative estimate of drug-likeness (QED) is 0.314. The molecule has 1 unspecified atom stereocenters. The van der Waals surface area contributed by atoms with Crippen LogP contribution >= 0.6 is 0 Å². The molecule has 0 aliphatic rings. The summed E-state index contributed by atoms with van der Waals surface area (Å²) in [5.74, 6) is -1.43. The molecule has 36 heavy (non-hydrogen) atoms. The zero-order valence-corrected chi connectivity index (χ0v) is 20.5. The second-order valence-electron chi connectivity index (χ2n) is 8.47. The molecule has 0 saturated carbocycles. The number of carboxylic acids is 1. The van der Waals surface area contributed by atoms with Crippen LogP contribution < -0.4 is 14.9 Å². The predicted octanol–water partition coefficient (Wildman–Crippen LogP) is 4.12. The fraction of sp³-hybridized carbons (Fsp3) is 0.370. The minimum Gasteiger partial charge on any atom is -0.507 e. The van der Waals surface area contributed by atoms with E-state index in [2.05, 4.69) is 0 Å². The number of carbonyl (C=O) groups is 2. The molecule has 0 fully saturated rings. The summed E-state index contributed by atoms with van der Waals surface area (Å²) in [5, 5.41) is 30.1. The molecule has 3 N–H and O–H groups in total. The molecule has 0 amide bonds. The molecule has 0 bridgehead atoms. The number of hydrogen-bond donors (Lipinski definition) is 3. The van der Waals surface area contributed by atoms with Gasteiger partial charge in [0.1, 0.15) is 42.1 Å². The minimum absolute atomic E-state index is 0.111. The van der Waals surface area contributed by atoms with Crippen LogP contribution in [0.5, 0.6) is 17.2 Å². The number of aryl methyl sites for hydroxylation is 1. The van der Waals surface area contributed by atoms with Gasteiger partial charge in [0.2, 0.25) is 5.76 Å². The Labute approximate surface area is 207 Å². The number of aromatic hydroxyl groups is 1. The van der Waals surface area contributed by atoms with Crippen molar-refractivity contribution in [1.29, 1.82) is 0 Å². The van der Waals surface area contributed by atoms with Crippen LogP contribution in [0.15, 0.2) is 39.5 Å². The van der Waals surface area contributed by atoms with Gasteiger partial charge in [-0.3, -0.25) is 9.59 Å². The number of aliphatic hydroxyl groups is 1. The lowest BCUT2D eigenvalue weighted by molar-refractivity contribution is 0.0619. The maximum atomic E-state index is 12.4. The zero-order valence-electron chi connectivity index (χ0n) is 20.5. The fourth-order valence-corrected chi connectivity index (χ4v) is 4.05. The van der Waals surface area contributed by atoms with Crippen LogP contribution in [0.2, 0.25) is 0 Å². The first-order chi connectivity index (χ1) is 17.2. The molecule has 3 aromatic rings. The van der Waals surface area contributed by atoms with E-state index in [-0.39, 0.29) is 41.3 Å². The van der Waals surface area contributed by atoms with Gasteiger partial charge in [-0.15, -0.1) is 0 Å². The monoisotopic (exact) mass is 498 g/mol. The molecule has 0 aliphatic heterocycles. The number of ketones is 1. The van der Waals surface area contributed by atoms with Crippen molar-refractivity contribution in [2.24, 2.45) is 0 Å².